The van der Waals surface area contributed by atoms with Crippen LogP contribution in [0.4, 0.5) is 0 Å². The van der Waals surface area contributed by atoms with Gasteiger partial charge in [0.1, 0.15) is 5.01 Å². The Morgan fingerprint density at radius 1 is 1.40 bits per heavy atom. The molecule has 0 aliphatic heterocycles. The lowest BCUT2D eigenvalue weighted by Gasteiger charge is -1.96. The van der Waals surface area contributed by atoms with E-state index < -0.39 is 0 Å². The summed E-state index contributed by atoms with van der Waals surface area (Å²) in [6.45, 7) is 3.61. The monoisotopic (exact) mass is 217 g/mol. The molecule has 0 amide bonds. The quantitative estimate of drug-likeness (QED) is 0.722. The average molecular weight is 217 g/mol. The summed E-state index contributed by atoms with van der Waals surface area (Å²) >= 11 is 1.44. The number of nitrogens with zero attached hydrogens (tertiary/aromatic N) is 1. The summed E-state index contributed by atoms with van der Waals surface area (Å²) in [5, 5.41) is 0.906. The molecule has 0 aliphatic carbocycles. The minimum absolute atomic E-state index is 0.0754. The third kappa shape index (κ3) is 2.13. The van der Waals surface area contributed by atoms with E-state index in [1.807, 2.05) is 25.1 Å². The summed E-state index contributed by atoms with van der Waals surface area (Å²) in [5.74, 6) is 0.0754. The van der Waals surface area contributed by atoms with Gasteiger partial charge in [0.15, 0.2) is 5.78 Å². The Bertz CT molecular complexity index is 502. The third-order valence-corrected chi connectivity index (χ3v) is 3.26. The molecule has 0 saturated heterocycles. The number of carbonyl (C=O) groups excluding carboxylic acids is 1. The fourth-order valence-electron chi connectivity index (χ4n) is 1.35. The Hall–Kier alpha value is -1.48. The van der Waals surface area contributed by atoms with Gasteiger partial charge in [-0.3, -0.25) is 4.79 Å². The summed E-state index contributed by atoms with van der Waals surface area (Å²) < 4.78 is 0. The lowest BCUT2D eigenvalue weighted by Crippen LogP contribution is -1.83. The van der Waals surface area contributed by atoms with E-state index in [2.05, 4.69) is 11.1 Å². The van der Waals surface area contributed by atoms with Crippen molar-refractivity contribution >= 4 is 17.1 Å². The minimum Gasteiger partial charge on any atom is -0.294 e. The highest BCUT2D eigenvalue weighted by Gasteiger charge is 2.07. The van der Waals surface area contributed by atoms with Gasteiger partial charge in [-0.1, -0.05) is 23.8 Å². The number of ketones is 1. The summed E-state index contributed by atoms with van der Waals surface area (Å²) in [5.41, 5.74) is 2.28. The van der Waals surface area contributed by atoms with Gasteiger partial charge in [-0.2, -0.15) is 0 Å². The van der Waals surface area contributed by atoms with E-state index in [4.69, 9.17) is 0 Å². The predicted molar refractivity (Wildman–Crippen MR) is 62.3 cm³/mol. The molecule has 0 saturated carbocycles. The molecule has 0 bridgehead atoms. The molecule has 3 heteroatoms. The van der Waals surface area contributed by atoms with Crippen LogP contribution in [0.2, 0.25) is 0 Å². The molecule has 0 aliphatic rings. The van der Waals surface area contributed by atoms with Crippen molar-refractivity contribution in [2.45, 2.75) is 13.8 Å². The van der Waals surface area contributed by atoms with Crippen LogP contribution in [0.3, 0.4) is 0 Å². The lowest BCUT2D eigenvalue weighted by atomic mass is 10.1. The molecule has 1 aromatic heterocycles. The Morgan fingerprint density at radius 2 is 2.20 bits per heavy atom. The molecule has 0 atom stereocenters. The van der Waals surface area contributed by atoms with Crippen molar-refractivity contribution in [2.24, 2.45) is 0 Å². The van der Waals surface area contributed by atoms with E-state index in [1.165, 1.54) is 16.9 Å². The Morgan fingerprint density at radius 3 is 2.80 bits per heavy atom. The summed E-state index contributed by atoms with van der Waals surface area (Å²) in [6, 6.07) is 8.13. The molecule has 2 nitrogen and oxygen atoms in total. The SMILES string of the molecule is CC(=O)c1cnc(-c2cccc(C)c2)s1. The highest BCUT2D eigenvalue weighted by molar-refractivity contribution is 7.16. The van der Waals surface area contributed by atoms with E-state index >= 15 is 0 Å². The number of hydrogen-bond acceptors (Lipinski definition) is 3. The number of Topliss-reactive ketones (excluding diaryl/α,β-unsaturated/α-hetero) is 1. The molecule has 2 aromatic rings. The van der Waals surface area contributed by atoms with Gasteiger partial charge < -0.3 is 0 Å². The van der Waals surface area contributed by atoms with Crippen molar-refractivity contribution in [3.63, 3.8) is 0 Å². The van der Waals surface area contributed by atoms with Gasteiger partial charge in [-0.25, -0.2) is 4.98 Å². The van der Waals surface area contributed by atoms with Gasteiger partial charge in [0.25, 0.3) is 0 Å². The van der Waals surface area contributed by atoms with Crippen LogP contribution in [0.1, 0.15) is 22.2 Å². The van der Waals surface area contributed by atoms with Gasteiger partial charge in [-0.15, -0.1) is 11.3 Å². The number of thiazole rings is 1. The number of rotatable bonds is 2. The highest BCUT2D eigenvalue weighted by atomic mass is 32.1. The number of benzene rings is 1. The molecule has 2 rings (SSSR count). The fraction of sp³-hybridized carbons (Fsp3) is 0.167. The van der Waals surface area contributed by atoms with E-state index in [9.17, 15) is 4.79 Å². The maximum atomic E-state index is 11.1. The molecule has 0 radical (unpaired) electrons. The van der Waals surface area contributed by atoms with Crippen molar-refractivity contribution in [3.05, 3.63) is 40.9 Å². The van der Waals surface area contributed by atoms with E-state index in [1.54, 1.807) is 13.1 Å². The van der Waals surface area contributed by atoms with E-state index in [0.717, 1.165) is 10.6 Å². The highest BCUT2D eigenvalue weighted by Crippen LogP contribution is 2.25. The zero-order valence-electron chi connectivity index (χ0n) is 8.65. The number of aryl methyl sites for hydroxylation is 1. The predicted octanol–water partition coefficient (Wildman–Crippen LogP) is 3.32. The van der Waals surface area contributed by atoms with Gasteiger partial charge in [-0.05, 0) is 13.0 Å². The number of aromatic nitrogens is 1. The normalized spacial score (nSPS) is 10.3. The van der Waals surface area contributed by atoms with Crippen LogP contribution in [-0.4, -0.2) is 10.8 Å². The molecule has 0 N–H and O–H groups in total. The van der Waals surface area contributed by atoms with Crippen LogP contribution in [0.5, 0.6) is 0 Å². The third-order valence-electron chi connectivity index (χ3n) is 2.12. The van der Waals surface area contributed by atoms with Gasteiger partial charge >= 0.3 is 0 Å². The first-order valence-corrected chi connectivity index (χ1v) is 5.52. The second kappa shape index (κ2) is 3.95. The molecular formula is C12H11NOS. The van der Waals surface area contributed by atoms with Gasteiger partial charge in [0.05, 0.1) is 4.88 Å². The van der Waals surface area contributed by atoms with Crippen LogP contribution in [0.15, 0.2) is 30.5 Å². The maximum Gasteiger partial charge on any atom is 0.171 e. The average Bonchev–Trinajstić information content (AvgIpc) is 2.66. The summed E-state index contributed by atoms with van der Waals surface area (Å²) in [7, 11) is 0. The van der Waals surface area contributed by atoms with Crippen LogP contribution in [0, 0.1) is 6.92 Å². The van der Waals surface area contributed by atoms with Gasteiger partial charge in [0, 0.05) is 18.7 Å². The lowest BCUT2D eigenvalue weighted by molar-refractivity contribution is 0.102. The molecule has 1 heterocycles. The fourth-order valence-corrected chi connectivity index (χ4v) is 2.16. The number of hydrogen-bond donors (Lipinski definition) is 0. The molecule has 76 valence electrons. The van der Waals surface area contributed by atoms with Crippen LogP contribution in [-0.2, 0) is 0 Å². The molecule has 0 spiro atoms. The first kappa shape index (κ1) is 10.1. The largest absolute Gasteiger partial charge is 0.294 e. The zero-order chi connectivity index (χ0) is 10.8. The number of carbonyl (C=O) groups is 1. The zero-order valence-corrected chi connectivity index (χ0v) is 9.47. The van der Waals surface area contributed by atoms with E-state index in [-0.39, 0.29) is 5.78 Å². The summed E-state index contributed by atoms with van der Waals surface area (Å²) in [6.07, 6.45) is 1.64. The molecule has 0 fully saturated rings. The molecule has 1 aromatic carbocycles. The van der Waals surface area contributed by atoms with Crippen molar-refractivity contribution in [1.29, 1.82) is 0 Å². The van der Waals surface area contributed by atoms with Crippen molar-refractivity contribution in [2.75, 3.05) is 0 Å². The topological polar surface area (TPSA) is 30.0 Å². The Balaban J connectivity index is 2.41. The van der Waals surface area contributed by atoms with Crippen molar-refractivity contribution < 1.29 is 4.79 Å². The molecule has 0 unspecified atom stereocenters. The van der Waals surface area contributed by atoms with Crippen LogP contribution < -0.4 is 0 Å². The van der Waals surface area contributed by atoms with E-state index in [0.29, 0.717) is 4.88 Å². The second-order valence-electron chi connectivity index (χ2n) is 3.46. The Labute approximate surface area is 92.6 Å². The second-order valence-corrected chi connectivity index (χ2v) is 4.49. The maximum absolute atomic E-state index is 11.1. The van der Waals surface area contributed by atoms with Crippen LogP contribution in [0.25, 0.3) is 10.6 Å². The van der Waals surface area contributed by atoms with Crippen LogP contribution >= 0.6 is 11.3 Å². The first-order chi connectivity index (χ1) is 7.16. The standard InChI is InChI=1S/C12H11NOS/c1-8-4-3-5-10(6-8)12-13-7-11(15-12)9(2)14/h3-7H,1-2H3. The molecule has 15 heavy (non-hydrogen) atoms. The van der Waals surface area contributed by atoms with Gasteiger partial charge in [0.2, 0.25) is 0 Å². The Kier molecular flexibility index (Phi) is 2.64. The first-order valence-electron chi connectivity index (χ1n) is 4.70. The van der Waals surface area contributed by atoms with Crippen molar-refractivity contribution in [3.8, 4) is 10.6 Å². The molecular weight excluding hydrogens is 206 g/mol. The van der Waals surface area contributed by atoms with Crippen molar-refractivity contribution in [1.82, 2.24) is 4.98 Å². The smallest absolute Gasteiger partial charge is 0.171 e. The minimum atomic E-state index is 0.0754. The summed E-state index contributed by atoms with van der Waals surface area (Å²) in [4.78, 5) is 16.1.